The van der Waals surface area contributed by atoms with Crippen LogP contribution in [0.5, 0.6) is 0 Å². The maximum Gasteiger partial charge on any atom is 0.416 e. The van der Waals surface area contributed by atoms with Gasteiger partial charge in [-0.3, -0.25) is 0 Å². The summed E-state index contributed by atoms with van der Waals surface area (Å²) in [5.74, 6) is -0.922. The first-order chi connectivity index (χ1) is 7.71. The summed E-state index contributed by atoms with van der Waals surface area (Å²) >= 11 is 0. The quantitative estimate of drug-likeness (QED) is 0.814. The van der Waals surface area contributed by atoms with Gasteiger partial charge in [0.25, 0.3) is 0 Å². The predicted molar refractivity (Wildman–Crippen MR) is 55.0 cm³/mol. The highest BCUT2D eigenvalue weighted by atomic mass is 19.4. The summed E-state index contributed by atoms with van der Waals surface area (Å²) in [5.41, 5.74) is 2.54. The first-order valence-corrected chi connectivity index (χ1v) is 4.75. The van der Waals surface area contributed by atoms with Crippen molar-refractivity contribution < 1.29 is 22.7 Å². The Balaban J connectivity index is 3.37. The first kappa shape index (κ1) is 13.5. The number of nitrogens with two attached hydrogens (primary N) is 1. The number of benzene rings is 1. The van der Waals surface area contributed by atoms with Crippen LogP contribution in [-0.2, 0) is 21.2 Å². The Labute approximate surface area is 96.4 Å². The van der Waals surface area contributed by atoms with Gasteiger partial charge in [0.05, 0.1) is 12.7 Å². The van der Waals surface area contributed by atoms with Crippen LogP contribution in [0.15, 0.2) is 24.3 Å². The van der Waals surface area contributed by atoms with Crippen LogP contribution in [0, 0.1) is 0 Å². The monoisotopic (exact) mass is 247 g/mol. The SMILES string of the molecule is COC(=O)[C@@](C)(N)c1ccccc1C(F)(F)F. The standard InChI is InChI=1S/C11H12F3NO2/c1-10(15,9(16)17-2)7-5-3-4-6-8(7)11(12,13)14/h3-6H,15H2,1-2H3/t10-/m0/s1. The molecule has 0 fully saturated rings. The minimum atomic E-state index is -4.56. The molecule has 0 saturated carbocycles. The van der Waals surface area contributed by atoms with Crippen LogP contribution < -0.4 is 5.73 Å². The molecule has 2 N–H and O–H groups in total. The number of hydrogen-bond acceptors (Lipinski definition) is 3. The minimum absolute atomic E-state index is 0.306. The summed E-state index contributed by atoms with van der Waals surface area (Å²) in [5, 5.41) is 0. The summed E-state index contributed by atoms with van der Waals surface area (Å²) < 4.78 is 42.6. The Kier molecular flexibility index (Phi) is 3.47. The van der Waals surface area contributed by atoms with Crippen LogP contribution in [0.4, 0.5) is 13.2 Å². The van der Waals surface area contributed by atoms with E-state index >= 15 is 0 Å². The largest absolute Gasteiger partial charge is 0.467 e. The highest BCUT2D eigenvalue weighted by Gasteiger charge is 2.41. The van der Waals surface area contributed by atoms with Crippen molar-refractivity contribution in [3.63, 3.8) is 0 Å². The molecule has 1 rings (SSSR count). The number of rotatable bonds is 2. The molecule has 0 aliphatic rings. The first-order valence-electron chi connectivity index (χ1n) is 4.75. The summed E-state index contributed by atoms with van der Waals surface area (Å²) in [6, 6.07) is 4.67. The van der Waals surface area contributed by atoms with E-state index in [0.717, 1.165) is 13.2 Å². The second kappa shape index (κ2) is 4.37. The summed E-state index contributed by atoms with van der Waals surface area (Å²) in [4.78, 5) is 11.4. The third kappa shape index (κ3) is 2.58. The van der Waals surface area contributed by atoms with Crippen molar-refractivity contribution in [3.05, 3.63) is 35.4 Å². The fraction of sp³-hybridized carbons (Fsp3) is 0.364. The lowest BCUT2D eigenvalue weighted by Gasteiger charge is -2.25. The fourth-order valence-corrected chi connectivity index (χ4v) is 1.51. The van der Waals surface area contributed by atoms with Crippen LogP contribution in [0.2, 0.25) is 0 Å². The zero-order valence-electron chi connectivity index (χ0n) is 9.34. The highest BCUT2D eigenvalue weighted by Crippen LogP contribution is 2.36. The molecule has 0 spiro atoms. The molecular weight excluding hydrogens is 235 g/mol. The maximum absolute atomic E-state index is 12.7. The van der Waals surface area contributed by atoms with E-state index in [2.05, 4.69) is 4.74 Å². The van der Waals surface area contributed by atoms with E-state index < -0.39 is 23.2 Å². The van der Waals surface area contributed by atoms with E-state index in [4.69, 9.17) is 5.73 Å². The van der Waals surface area contributed by atoms with Crippen molar-refractivity contribution in [2.75, 3.05) is 7.11 Å². The zero-order chi connectivity index (χ0) is 13.3. The number of esters is 1. The van der Waals surface area contributed by atoms with Crippen LogP contribution in [-0.4, -0.2) is 13.1 Å². The lowest BCUT2D eigenvalue weighted by molar-refractivity contribution is -0.148. The number of alkyl halides is 3. The molecule has 0 heterocycles. The van der Waals surface area contributed by atoms with Gasteiger partial charge in [-0.2, -0.15) is 13.2 Å². The number of halogens is 3. The van der Waals surface area contributed by atoms with Crippen molar-refractivity contribution in [3.8, 4) is 0 Å². The summed E-state index contributed by atoms with van der Waals surface area (Å²) in [6.07, 6.45) is -4.56. The van der Waals surface area contributed by atoms with Crippen LogP contribution >= 0.6 is 0 Å². The topological polar surface area (TPSA) is 52.3 Å². The van der Waals surface area contributed by atoms with E-state index in [-0.39, 0.29) is 5.56 Å². The summed E-state index contributed by atoms with van der Waals surface area (Å²) in [6.45, 7) is 1.18. The molecule has 0 aliphatic heterocycles. The molecule has 94 valence electrons. The van der Waals surface area contributed by atoms with Gasteiger partial charge in [-0.25, -0.2) is 4.79 Å². The number of ether oxygens (including phenoxy) is 1. The molecular formula is C11H12F3NO2. The molecule has 17 heavy (non-hydrogen) atoms. The van der Waals surface area contributed by atoms with Crippen molar-refractivity contribution in [1.29, 1.82) is 0 Å². The maximum atomic E-state index is 12.7. The second-order valence-corrected chi connectivity index (χ2v) is 3.74. The Hall–Kier alpha value is -1.56. The molecule has 0 amide bonds. The molecule has 1 atom stereocenters. The Morgan fingerprint density at radius 1 is 1.24 bits per heavy atom. The molecule has 0 aliphatic carbocycles. The highest BCUT2D eigenvalue weighted by molar-refractivity contribution is 5.82. The Bertz CT molecular complexity index is 427. The fourth-order valence-electron chi connectivity index (χ4n) is 1.51. The van der Waals surface area contributed by atoms with Crippen LogP contribution in [0.3, 0.4) is 0 Å². The smallest absolute Gasteiger partial charge is 0.416 e. The van der Waals surface area contributed by atoms with Crippen molar-refractivity contribution in [2.24, 2.45) is 5.73 Å². The van der Waals surface area contributed by atoms with Gasteiger partial charge in [0.1, 0.15) is 5.54 Å². The van der Waals surface area contributed by atoms with Crippen molar-refractivity contribution >= 4 is 5.97 Å². The predicted octanol–water partition coefficient (Wildman–Crippen LogP) is 2.05. The zero-order valence-corrected chi connectivity index (χ0v) is 9.34. The average Bonchev–Trinajstić information content (AvgIpc) is 2.26. The minimum Gasteiger partial charge on any atom is -0.467 e. The molecule has 1 aromatic rings. The van der Waals surface area contributed by atoms with Gasteiger partial charge < -0.3 is 10.5 Å². The molecule has 0 unspecified atom stereocenters. The molecule has 0 aromatic heterocycles. The van der Waals surface area contributed by atoms with Gasteiger partial charge in [-0.1, -0.05) is 18.2 Å². The Morgan fingerprint density at radius 2 is 1.71 bits per heavy atom. The average molecular weight is 247 g/mol. The number of carbonyl (C=O) groups is 1. The molecule has 3 nitrogen and oxygen atoms in total. The molecule has 0 saturated heterocycles. The lowest BCUT2D eigenvalue weighted by Crippen LogP contribution is -2.44. The Morgan fingerprint density at radius 3 is 2.12 bits per heavy atom. The van der Waals surface area contributed by atoms with Crippen LogP contribution in [0.1, 0.15) is 18.1 Å². The van der Waals surface area contributed by atoms with Crippen molar-refractivity contribution in [2.45, 2.75) is 18.6 Å². The number of hydrogen-bond donors (Lipinski definition) is 1. The second-order valence-electron chi connectivity index (χ2n) is 3.74. The number of methoxy groups -OCH3 is 1. The van der Waals surface area contributed by atoms with E-state index in [0.29, 0.717) is 0 Å². The normalized spacial score (nSPS) is 15.2. The van der Waals surface area contributed by atoms with Gasteiger partial charge in [0, 0.05) is 0 Å². The summed E-state index contributed by atoms with van der Waals surface area (Å²) in [7, 11) is 1.07. The van der Waals surface area contributed by atoms with Gasteiger partial charge >= 0.3 is 12.1 Å². The third-order valence-corrected chi connectivity index (χ3v) is 2.40. The molecule has 0 radical (unpaired) electrons. The molecule has 0 bridgehead atoms. The van der Waals surface area contributed by atoms with Crippen molar-refractivity contribution in [1.82, 2.24) is 0 Å². The van der Waals surface area contributed by atoms with E-state index in [1.54, 1.807) is 0 Å². The number of carbonyl (C=O) groups excluding carboxylic acids is 1. The van der Waals surface area contributed by atoms with Gasteiger partial charge in [0.2, 0.25) is 0 Å². The van der Waals surface area contributed by atoms with E-state index in [1.165, 1.54) is 25.1 Å². The van der Waals surface area contributed by atoms with Gasteiger partial charge in [-0.05, 0) is 18.6 Å². The molecule has 1 aromatic carbocycles. The van der Waals surface area contributed by atoms with E-state index in [9.17, 15) is 18.0 Å². The van der Waals surface area contributed by atoms with Gasteiger partial charge in [0.15, 0.2) is 0 Å². The van der Waals surface area contributed by atoms with Gasteiger partial charge in [-0.15, -0.1) is 0 Å². The lowest BCUT2D eigenvalue weighted by atomic mass is 9.89. The van der Waals surface area contributed by atoms with Crippen LogP contribution in [0.25, 0.3) is 0 Å². The molecule has 6 heteroatoms. The van der Waals surface area contributed by atoms with E-state index in [1.807, 2.05) is 0 Å². The third-order valence-electron chi connectivity index (χ3n) is 2.40.